The van der Waals surface area contributed by atoms with E-state index in [-0.39, 0.29) is 17.8 Å². The van der Waals surface area contributed by atoms with Gasteiger partial charge in [0.25, 0.3) is 0 Å². The van der Waals surface area contributed by atoms with Crippen LogP contribution in [0.3, 0.4) is 0 Å². The summed E-state index contributed by atoms with van der Waals surface area (Å²) in [6, 6.07) is 6.89. The monoisotopic (exact) mass is 343 g/mol. The van der Waals surface area contributed by atoms with Crippen LogP contribution in [0.25, 0.3) is 0 Å². The summed E-state index contributed by atoms with van der Waals surface area (Å²) < 4.78 is 15.0. The molecule has 0 aliphatic carbocycles. The van der Waals surface area contributed by atoms with Crippen LogP contribution in [0, 0.1) is 19.7 Å². The maximum Gasteiger partial charge on any atom is 0.223 e. The van der Waals surface area contributed by atoms with Gasteiger partial charge in [0.15, 0.2) is 0 Å². The van der Waals surface area contributed by atoms with Gasteiger partial charge in [0.1, 0.15) is 5.82 Å². The fourth-order valence-corrected chi connectivity index (χ4v) is 3.91. The summed E-state index contributed by atoms with van der Waals surface area (Å²) in [6.45, 7) is 6.86. The standard InChI is InChI=1S/C20H26FN3O/c1-13-11-17(16-5-7-18(21)8-6-16)12-24(13)20(25)10-9-19-14(2)22-23(4)15(19)3/h5-8,13,17H,9-12H2,1-4H3/t13-,17+/m0/s1. The molecule has 0 radical (unpaired) electrons. The van der Waals surface area contributed by atoms with E-state index in [9.17, 15) is 9.18 Å². The van der Waals surface area contributed by atoms with E-state index in [1.165, 1.54) is 17.7 Å². The van der Waals surface area contributed by atoms with Crippen LogP contribution in [0.5, 0.6) is 0 Å². The zero-order valence-corrected chi connectivity index (χ0v) is 15.4. The Morgan fingerprint density at radius 1 is 1.28 bits per heavy atom. The van der Waals surface area contributed by atoms with E-state index >= 15 is 0 Å². The number of amides is 1. The van der Waals surface area contributed by atoms with E-state index in [0.717, 1.165) is 36.3 Å². The number of benzene rings is 1. The number of rotatable bonds is 4. The van der Waals surface area contributed by atoms with E-state index in [1.807, 2.05) is 42.6 Å². The lowest BCUT2D eigenvalue weighted by molar-refractivity contribution is -0.131. The topological polar surface area (TPSA) is 38.1 Å². The predicted octanol–water partition coefficient (Wildman–Crippen LogP) is 3.51. The van der Waals surface area contributed by atoms with Gasteiger partial charge in [-0.25, -0.2) is 4.39 Å². The molecule has 1 amide bonds. The lowest BCUT2D eigenvalue weighted by atomic mass is 9.97. The molecule has 0 spiro atoms. The number of aromatic nitrogens is 2. The van der Waals surface area contributed by atoms with Crippen molar-refractivity contribution in [2.24, 2.45) is 7.05 Å². The van der Waals surface area contributed by atoms with Crippen molar-refractivity contribution >= 4 is 5.91 Å². The number of nitrogens with zero attached hydrogens (tertiary/aromatic N) is 3. The maximum atomic E-state index is 13.1. The SMILES string of the molecule is Cc1nn(C)c(C)c1CCC(=O)N1C[C@H](c2ccc(F)cc2)C[C@@H]1C. The molecule has 2 atom stereocenters. The quantitative estimate of drug-likeness (QED) is 0.852. The van der Waals surface area contributed by atoms with Gasteiger partial charge in [-0.2, -0.15) is 5.10 Å². The van der Waals surface area contributed by atoms with E-state index in [0.29, 0.717) is 12.3 Å². The second-order valence-electron chi connectivity index (χ2n) is 7.15. The Morgan fingerprint density at radius 2 is 1.96 bits per heavy atom. The molecule has 2 aromatic rings. The smallest absolute Gasteiger partial charge is 0.223 e. The predicted molar refractivity (Wildman–Crippen MR) is 95.9 cm³/mol. The van der Waals surface area contributed by atoms with E-state index < -0.39 is 0 Å². The first-order valence-corrected chi connectivity index (χ1v) is 8.90. The molecule has 25 heavy (non-hydrogen) atoms. The van der Waals surface area contributed by atoms with Crippen LogP contribution < -0.4 is 0 Å². The number of carbonyl (C=O) groups excluding carboxylic acids is 1. The van der Waals surface area contributed by atoms with Crippen LogP contribution in [0.4, 0.5) is 4.39 Å². The van der Waals surface area contributed by atoms with Crippen molar-refractivity contribution in [3.05, 3.63) is 52.6 Å². The summed E-state index contributed by atoms with van der Waals surface area (Å²) in [6.07, 6.45) is 2.17. The molecule has 0 saturated carbocycles. The molecule has 0 N–H and O–H groups in total. The van der Waals surface area contributed by atoms with E-state index in [4.69, 9.17) is 0 Å². The van der Waals surface area contributed by atoms with Gasteiger partial charge in [-0.3, -0.25) is 9.48 Å². The fraction of sp³-hybridized carbons (Fsp3) is 0.500. The Labute approximate surface area is 148 Å². The van der Waals surface area contributed by atoms with Gasteiger partial charge in [-0.05, 0) is 56.9 Å². The molecule has 1 saturated heterocycles. The van der Waals surface area contributed by atoms with Gasteiger partial charge in [-0.1, -0.05) is 12.1 Å². The van der Waals surface area contributed by atoms with Crippen molar-refractivity contribution in [1.82, 2.24) is 14.7 Å². The zero-order valence-electron chi connectivity index (χ0n) is 15.4. The number of carbonyl (C=O) groups is 1. The lowest BCUT2D eigenvalue weighted by Gasteiger charge is -2.21. The van der Waals surface area contributed by atoms with Crippen molar-refractivity contribution in [3.63, 3.8) is 0 Å². The minimum Gasteiger partial charge on any atom is -0.339 e. The molecule has 5 heteroatoms. The van der Waals surface area contributed by atoms with Crippen molar-refractivity contribution in [3.8, 4) is 0 Å². The zero-order chi connectivity index (χ0) is 18.1. The number of hydrogen-bond donors (Lipinski definition) is 0. The molecule has 3 rings (SSSR count). The number of likely N-dealkylation sites (tertiary alicyclic amines) is 1. The molecule has 1 aromatic heterocycles. The Morgan fingerprint density at radius 3 is 2.56 bits per heavy atom. The van der Waals surface area contributed by atoms with Crippen molar-refractivity contribution < 1.29 is 9.18 Å². The first-order valence-electron chi connectivity index (χ1n) is 8.90. The fourth-order valence-electron chi connectivity index (χ4n) is 3.91. The number of aryl methyl sites for hydroxylation is 2. The molecule has 1 aliphatic heterocycles. The Hall–Kier alpha value is -2.17. The molecule has 0 bridgehead atoms. The van der Waals surface area contributed by atoms with Crippen molar-refractivity contribution in [2.75, 3.05) is 6.54 Å². The van der Waals surface area contributed by atoms with Gasteiger partial charge >= 0.3 is 0 Å². The highest BCUT2D eigenvalue weighted by Crippen LogP contribution is 2.32. The highest BCUT2D eigenvalue weighted by Gasteiger charge is 2.33. The summed E-state index contributed by atoms with van der Waals surface area (Å²) in [7, 11) is 1.93. The van der Waals surface area contributed by atoms with Crippen LogP contribution >= 0.6 is 0 Å². The second kappa shape index (κ2) is 6.98. The molecule has 134 valence electrons. The van der Waals surface area contributed by atoms with Gasteiger partial charge in [0.05, 0.1) is 5.69 Å². The van der Waals surface area contributed by atoms with Crippen LogP contribution in [0.1, 0.15) is 48.2 Å². The molecule has 1 fully saturated rings. The molecule has 1 aromatic carbocycles. The molecule has 1 aliphatic rings. The number of hydrogen-bond acceptors (Lipinski definition) is 2. The molecule has 2 heterocycles. The van der Waals surface area contributed by atoms with Gasteiger partial charge < -0.3 is 4.90 Å². The van der Waals surface area contributed by atoms with Gasteiger partial charge in [-0.15, -0.1) is 0 Å². The highest BCUT2D eigenvalue weighted by molar-refractivity contribution is 5.77. The van der Waals surface area contributed by atoms with Crippen LogP contribution in [-0.2, 0) is 18.3 Å². The minimum atomic E-state index is -0.218. The Kier molecular flexibility index (Phi) is 4.93. The summed E-state index contributed by atoms with van der Waals surface area (Å²) in [4.78, 5) is 14.7. The van der Waals surface area contributed by atoms with Gasteiger partial charge in [0, 0.05) is 37.7 Å². The normalized spacial score (nSPS) is 20.3. The van der Waals surface area contributed by atoms with Crippen LogP contribution in [0.15, 0.2) is 24.3 Å². The highest BCUT2D eigenvalue weighted by atomic mass is 19.1. The largest absolute Gasteiger partial charge is 0.339 e. The first kappa shape index (κ1) is 17.6. The number of halogens is 1. The van der Waals surface area contributed by atoms with Crippen LogP contribution in [0.2, 0.25) is 0 Å². The molecular weight excluding hydrogens is 317 g/mol. The van der Waals surface area contributed by atoms with Crippen molar-refractivity contribution in [2.45, 2.75) is 52.0 Å². The minimum absolute atomic E-state index is 0.194. The summed E-state index contributed by atoms with van der Waals surface area (Å²) in [5.41, 5.74) is 4.43. The summed E-state index contributed by atoms with van der Waals surface area (Å²) in [5.74, 6) is 0.270. The lowest BCUT2D eigenvalue weighted by Crippen LogP contribution is -2.34. The molecule has 0 unspecified atom stereocenters. The second-order valence-corrected chi connectivity index (χ2v) is 7.15. The third-order valence-corrected chi connectivity index (χ3v) is 5.48. The maximum absolute atomic E-state index is 13.1. The first-order chi connectivity index (χ1) is 11.9. The van der Waals surface area contributed by atoms with E-state index in [1.54, 1.807) is 0 Å². The third kappa shape index (κ3) is 3.60. The average Bonchev–Trinajstić information content (AvgIpc) is 3.07. The molecular formula is C20H26FN3O. The van der Waals surface area contributed by atoms with Crippen molar-refractivity contribution in [1.29, 1.82) is 0 Å². The Bertz CT molecular complexity index is 766. The molecule has 4 nitrogen and oxygen atoms in total. The third-order valence-electron chi connectivity index (χ3n) is 5.48. The Balaban J connectivity index is 1.63. The average molecular weight is 343 g/mol. The summed E-state index contributed by atoms with van der Waals surface area (Å²) >= 11 is 0. The van der Waals surface area contributed by atoms with E-state index in [2.05, 4.69) is 12.0 Å². The van der Waals surface area contributed by atoms with Gasteiger partial charge in [0.2, 0.25) is 5.91 Å². The van der Waals surface area contributed by atoms with Crippen LogP contribution in [-0.4, -0.2) is 33.2 Å². The summed E-state index contributed by atoms with van der Waals surface area (Å²) in [5, 5.41) is 4.42.